The summed E-state index contributed by atoms with van der Waals surface area (Å²) in [6.07, 6.45) is 7.00. The molecule has 0 bridgehead atoms. The van der Waals surface area contributed by atoms with Crippen molar-refractivity contribution in [1.29, 1.82) is 0 Å². The largest absolute Gasteiger partial charge is 0.378 e. The first kappa shape index (κ1) is 23.0. The molecule has 4 rings (SSSR count). The number of aromatic nitrogens is 3. The normalized spacial score (nSPS) is 13.6. The molecule has 8 nitrogen and oxygen atoms in total. The molecule has 1 amide bonds. The fraction of sp³-hybridized carbons (Fsp3) is 0.333. The number of ether oxygens (including phenoxy) is 1. The van der Waals surface area contributed by atoms with Gasteiger partial charge in [-0.3, -0.25) is 9.78 Å². The summed E-state index contributed by atoms with van der Waals surface area (Å²) in [5.74, 6) is 0.390. The van der Waals surface area contributed by atoms with Gasteiger partial charge in [0, 0.05) is 56.1 Å². The summed E-state index contributed by atoms with van der Waals surface area (Å²) in [5.41, 5.74) is 3.49. The van der Waals surface area contributed by atoms with Crippen LogP contribution >= 0.6 is 11.8 Å². The van der Waals surface area contributed by atoms with Crippen molar-refractivity contribution in [3.8, 4) is 0 Å². The second kappa shape index (κ2) is 11.1. The van der Waals surface area contributed by atoms with Gasteiger partial charge < -0.3 is 19.9 Å². The average molecular weight is 465 g/mol. The summed E-state index contributed by atoms with van der Waals surface area (Å²) in [6, 6.07) is 12.0. The van der Waals surface area contributed by atoms with Crippen LogP contribution in [0.25, 0.3) is 0 Å². The zero-order chi connectivity index (χ0) is 23.0. The number of nitrogens with zero attached hydrogens (tertiary/aromatic N) is 5. The first-order chi connectivity index (χ1) is 16.2. The van der Waals surface area contributed by atoms with Crippen LogP contribution in [-0.4, -0.2) is 64.9 Å². The van der Waals surface area contributed by atoms with Gasteiger partial charge in [0.05, 0.1) is 13.2 Å². The lowest BCUT2D eigenvalue weighted by atomic mass is 10.2. The van der Waals surface area contributed by atoms with Gasteiger partial charge in [0.1, 0.15) is 11.4 Å². The standard InChI is InChI=1S/C24H28N6O2S/c1-3-29(17-18-8-10-25-11-9-18)23(31)21-16-26-24(33-2)28-22(21)27-19-4-6-20(7-5-19)30-12-14-32-15-13-30/h4-11,16H,3,12-15,17H2,1-2H3,(H,26,27,28). The highest BCUT2D eigenvalue weighted by Gasteiger charge is 2.21. The molecule has 0 radical (unpaired) electrons. The minimum Gasteiger partial charge on any atom is -0.378 e. The number of carbonyl (C=O) groups excluding carboxylic acids is 1. The summed E-state index contributed by atoms with van der Waals surface area (Å²) in [7, 11) is 0. The lowest BCUT2D eigenvalue weighted by Gasteiger charge is -2.29. The van der Waals surface area contributed by atoms with Gasteiger partial charge in [0.15, 0.2) is 5.16 Å². The number of thioether (sulfide) groups is 1. The molecule has 1 N–H and O–H groups in total. The molecule has 1 aliphatic rings. The topological polar surface area (TPSA) is 83.5 Å². The van der Waals surface area contributed by atoms with E-state index in [9.17, 15) is 4.79 Å². The average Bonchev–Trinajstić information content (AvgIpc) is 2.88. The Balaban J connectivity index is 1.55. The van der Waals surface area contributed by atoms with Gasteiger partial charge in [0.25, 0.3) is 5.91 Å². The van der Waals surface area contributed by atoms with Crippen LogP contribution in [0.5, 0.6) is 0 Å². The van der Waals surface area contributed by atoms with Gasteiger partial charge in [-0.2, -0.15) is 0 Å². The number of nitrogens with one attached hydrogen (secondary N) is 1. The van der Waals surface area contributed by atoms with E-state index in [1.54, 1.807) is 23.5 Å². The van der Waals surface area contributed by atoms with Crippen LogP contribution in [0, 0.1) is 0 Å². The van der Waals surface area contributed by atoms with Crippen LogP contribution in [0.3, 0.4) is 0 Å². The minimum absolute atomic E-state index is 0.116. The molecule has 0 saturated carbocycles. The molecule has 33 heavy (non-hydrogen) atoms. The summed E-state index contributed by atoms with van der Waals surface area (Å²) < 4.78 is 5.44. The molecule has 1 aromatic carbocycles. The van der Waals surface area contributed by atoms with Crippen molar-refractivity contribution >= 4 is 34.9 Å². The number of hydrogen-bond acceptors (Lipinski definition) is 8. The minimum atomic E-state index is -0.116. The molecule has 1 fully saturated rings. The lowest BCUT2D eigenvalue weighted by Crippen LogP contribution is -2.36. The molecule has 3 heterocycles. The first-order valence-electron chi connectivity index (χ1n) is 11.0. The monoisotopic (exact) mass is 464 g/mol. The van der Waals surface area contributed by atoms with Gasteiger partial charge in [-0.1, -0.05) is 11.8 Å². The summed E-state index contributed by atoms with van der Waals surface area (Å²) in [4.78, 5) is 30.5. The van der Waals surface area contributed by atoms with E-state index in [2.05, 4.69) is 37.3 Å². The molecule has 172 valence electrons. The van der Waals surface area contributed by atoms with E-state index in [1.165, 1.54) is 11.8 Å². The number of hydrogen-bond donors (Lipinski definition) is 1. The third-order valence-electron chi connectivity index (χ3n) is 5.48. The predicted molar refractivity (Wildman–Crippen MR) is 131 cm³/mol. The first-order valence-corrected chi connectivity index (χ1v) is 12.2. The summed E-state index contributed by atoms with van der Waals surface area (Å²) in [6.45, 7) is 6.30. The van der Waals surface area contributed by atoms with Gasteiger partial charge in [-0.05, 0) is 55.1 Å². The van der Waals surface area contributed by atoms with Crippen molar-refractivity contribution in [2.75, 3.05) is 49.3 Å². The maximum Gasteiger partial charge on any atom is 0.259 e. The zero-order valence-corrected chi connectivity index (χ0v) is 19.7. The molecule has 0 aliphatic carbocycles. The number of benzene rings is 1. The lowest BCUT2D eigenvalue weighted by molar-refractivity contribution is 0.0752. The van der Waals surface area contributed by atoms with Crippen LogP contribution in [0.2, 0.25) is 0 Å². The predicted octanol–water partition coefficient (Wildman–Crippen LogP) is 3.84. The Bertz CT molecular complexity index is 1060. The van der Waals surface area contributed by atoms with Crippen LogP contribution in [-0.2, 0) is 11.3 Å². The van der Waals surface area contributed by atoms with Crippen molar-refractivity contribution in [2.24, 2.45) is 0 Å². The van der Waals surface area contributed by atoms with E-state index in [-0.39, 0.29) is 5.91 Å². The Kier molecular flexibility index (Phi) is 7.74. The van der Waals surface area contributed by atoms with E-state index < -0.39 is 0 Å². The van der Waals surface area contributed by atoms with E-state index in [4.69, 9.17) is 4.74 Å². The number of pyridine rings is 1. The third-order valence-corrected chi connectivity index (χ3v) is 6.04. The van der Waals surface area contributed by atoms with Gasteiger partial charge in [0.2, 0.25) is 0 Å². The SMILES string of the molecule is CCN(Cc1ccncc1)C(=O)c1cnc(SC)nc1Nc1ccc(N2CCOCC2)cc1. The van der Waals surface area contributed by atoms with Crippen molar-refractivity contribution < 1.29 is 9.53 Å². The number of carbonyl (C=O) groups is 1. The van der Waals surface area contributed by atoms with Gasteiger partial charge in [-0.25, -0.2) is 9.97 Å². The van der Waals surface area contributed by atoms with Crippen LogP contribution in [0.4, 0.5) is 17.2 Å². The molecule has 1 aliphatic heterocycles. The Morgan fingerprint density at radius 3 is 2.55 bits per heavy atom. The maximum absolute atomic E-state index is 13.4. The van der Waals surface area contributed by atoms with Crippen molar-refractivity contribution in [3.05, 3.63) is 66.1 Å². The maximum atomic E-state index is 13.4. The van der Waals surface area contributed by atoms with Crippen LogP contribution in [0.15, 0.2) is 60.1 Å². The quantitative estimate of drug-likeness (QED) is 0.398. The highest BCUT2D eigenvalue weighted by atomic mass is 32.2. The number of rotatable bonds is 8. The Hall–Kier alpha value is -3.17. The Morgan fingerprint density at radius 1 is 1.15 bits per heavy atom. The molecule has 0 unspecified atom stereocenters. The summed E-state index contributed by atoms with van der Waals surface area (Å²) in [5, 5.41) is 3.94. The van der Waals surface area contributed by atoms with E-state index >= 15 is 0 Å². The van der Waals surface area contributed by atoms with Gasteiger partial charge >= 0.3 is 0 Å². The highest BCUT2D eigenvalue weighted by molar-refractivity contribution is 7.98. The fourth-order valence-electron chi connectivity index (χ4n) is 3.64. The molecule has 3 aromatic rings. The van der Waals surface area contributed by atoms with E-state index in [1.807, 2.05) is 37.4 Å². The fourth-order valence-corrected chi connectivity index (χ4v) is 3.98. The zero-order valence-electron chi connectivity index (χ0n) is 18.9. The molecule has 0 spiro atoms. The second-order valence-electron chi connectivity index (χ2n) is 7.57. The smallest absolute Gasteiger partial charge is 0.259 e. The Morgan fingerprint density at radius 2 is 1.88 bits per heavy atom. The molecule has 2 aromatic heterocycles. The molecular formula is C24H28N6O2S. The molecule has 1 saturated heterocycles. The van der Waals surface area contributed by atoms with Crippen LogP contribution in [0.1, 0.15) is 22.8 Å². The molecular weight excluding hydrogens is 436 g/mol. The third kappa shape index (κ3) is 5.80. The summed E-state index contributed by atoms with van der Waals surface area (Å²) >= 11 is 1.44. The van der Waals surface area contributed by atoms with E-state index in [0.29, 0.717) is 29.6 Å². The van der Waals surface area contributed by atoms with Crippen molar-refractivity contribution in [1.82, 2.24) is 19.9 Å². The van der Waals surface area contributed by atoms with Crippen LogP contribution < -0.4 is 10.2 Å². The van der Waals surface area contributed by atoms with Crippen molar-refractivity contribution in [3.63, 3.8) is 0 Å². The number of morpholine rings is 1. The Labute approximate surface area is 198 Å². The van der Waals surface area contributed by atoms with E-state index in [0.717, 1.165) is 43.2 Å². The second-order valence-corrected chi connectivity index (χ2v) is 8.34. The van der Waals surface area contributed by atoms with Crippen molar-refractivity contribution in [2.45, 2.75) is 18.6 Å². The highest BCUT2D eigenvalue weighted by Crippen LogP contribution is 2.25. The number of amides is 1. The number of anilines is 3. The molecule has 0 atom stereocenters. The van der Waals surface area contributed by atoms with Gasteiger partial charge in [-0.15, -0.1) is 0 Å². The molecule has 9 heteroatoms.